The van der Waals surface area contributed by atoms with Crippen molar-refractivity contribution < 1.29 is 4.79 Å². The Morgan fingerprint density at radius 3 is 3.05 bits per heavy atom. The van der Waals surface area contributed by atoms with E-state index in [2.05, 4.69) is 22.2 Å². The maximum Gasteiger partial charge on any atom is 0.280 e. The molecule has 0 spiro atoms. The summed E-state index contributed by atoms with van der Waals surface area (Å²) >= 11 is 1.53. The predicted molar refractivity (Wildman–Crippen MR) is 79.8 cm³/mol. The van der Waals surface area contributed by atoms with Crippen LogP contribution in [-0.4, -0.2) is 41.5 Å². The van der Waals surface area contributed by atoms with E-state index < -0.39 is 0 Å². The summed E-state index contributed by atoms with van der Waals surface area (Å²) in [6.45, 7) is 1.93. The Hall–Kier alpha value is -0.980. The molecular weight excluding hydrogens is 272 g/mol. The topological polar surface area (TPSA) is 71.2 Å². The minimum Gasteiger partial charge on any atom is -0.346 e. The van der Waals surface area contributed by atoms with E-state index in [0.717, 1.165) is 44.5 Å². The highest BCUT2D eigenvalue weighted by Crippen LogP contribution is 2.25. The van der Waals surface area contributed by atoms with Gasteiger partial charge in [-0.3, -0.25) is 4.79 Å². The molecular formula is C14H22N4OS. The molecule has 1 aliphatic heterocycles. The minimum atomic E-state index is -0.0468. The zero-order valence-electron chi connectivity index (χ0n) is 11.9. The van der Waals surface area contributed by atoms with Crippen molar-refractivity contribution in [2.24, 2.45) is 5.73 Å². The van der Waals surface area contributed by atoms with Gasteiger partial charge in [-0.2, -0.15) is 0 Å². The zero-order valence-corrected chi connectivity index (χ0v) is 12.7. The lowest BCUT2D eigenvalue weighted by Gasteiger charge is -2.28. The smallest absolute Gasteiger partial charge is 0.280 e. The highest BCUT2D eigenvalue weighted by Gasteiger charge is 2.26. The van der Waals surface area contributed by atoms with Crippen LogP contribution in [0.3, 0.4) is 0 Å². The van der Waals surface area contributed by atoms with Crippen LogP contribution in [0.1, 0.15) is 46.1 Å². The summed E-state index contributed by atoms with van der Waals surface area (Å²) in [4.78, 5) is 20.3. The predicted octanol–water partition coefficient (Wildman–Crippen LogP) is 1.13. The third-order valence-corrected chi connectivity index (χ3v) is 5.33. The molecule has 110 valence electrons. The Morgan fingerprint density at radius 2 is 2.25 bits per heavy atom. The van der Waals surface area contributed by atoms with Crippen molar-refractivity contribution in [2.45, 2.75) is 50.7 Å². The summed E-state index contributed by atoms with van der Waals surface area (Å²) in [7, 11) is 2.10. The van der Waals surface area contributed by atoms with Crippen LogP contribution >= 0.6 is 11.3 Å². The van der Waals surface area contributed by atoms with Gasteiger partial charge in [0.2, 0.25) is 0 Å². The molecule has 1 aliphatic carbocycles. The van der Waals surface area contributed by atoms with E-state index in [4.69, 9.17) is 5.73 Å². The van der Waals surface area contributed by atoms with E-state index >= 15 is 0 Å². The van der Waals surface area contributed by atoms with Crippen LogP contribution in [0.25, 0.3) is 0 Å². The third-order valence-electron chi connectivity index (χ3n) is 4.25. The molecule has 2 aliphatic rings. The van der Waals surface area contributed by atoms with Gasteiger partial charge in [-0.25, -0.2) is 4.98 Å². The van der Waals surface area contributed by atoms with Crippen molar-refractivity contribution >= 4 is 17.2 Å². The number of carbonyl (C=O) groups excluding carboxylic acids is 1. The van der Waals surface area contributed by atoms with E-state index in [1.807, 2.05) is 0 Å². The number of rotatable bonds is 2. The summed E-state index contributed by atoms with van der Waals surface area (Å²) in [5.74, 6) is -0.0468. The molecule has 1 aromatic rings. The fourth-order valence-electron chi connectivity index (χ4n) is 2.99. The normalized spacial score (nSPS) is 27.1. The van der Waals surface area contributed by atoms with Gasteiger partial charge in [-0.15, -0.1) is 11.3 Å². The van der Waals surface area contributed by atoms with E-state index in [9.17, 15) is 4.79 Å². The van der Waals surface area contributed by atoms with Crippen molar-refractivity contribution in [3.05, 3.63) is 15.6 Å². The molecule has 6 heteroatoms. The van der Waals surface area contributed by atoms with Crippen molar-refractivity contribution in [2.75, 3.05) is 13.6 Å². The Bertz CT molecular complexity index is 501. The van der Waals surface area contributed by atoms with Crippen molar-refractivity contribution in [3.63, 3.8) is 0 Å². The first-order valence-corrected chi connectivity index (χ1v) is 8.18. The fraction of sp³-hybridized carbons (Fsp3) is 0.714. The van der Waals surface area contributed by atoms with E-state index in [-0.39, 0.29) is 18.0 Å². The van der Waals surface area contributed by atoms with Gasteiger partial charge in [0.1, 0.15) is 0 Å². The van der Waals surface area contributed by atoms with Crippen LogP contribution in [0.15, 0.2) is 0 Å². The van der Waals surface area contributed by atoms with Gasteiger partial charge in [0.15, 0.2) is 5.01 Å². The Balaban J connectivity index is 1.68. The lowest BCUT2D eigenvalue weighted by molar-refractivity contribution is 0.0920. The van der Waals surface area contributed by atoms with Gasteiger partial charge in [0.25, 0.3) is 5.91 Å². The Labute approximate surface area is 123 Å². The quantitative estimate of drug-likeness (QED) is 0.858. The number of aromatic nitrogens is 1. The first kappa shape index (κ1) is 14.0. The molecule has 3 rings (SSSR count). The average Bonchev–Trinajstić information content (AvgIpc) is 2.84. The highest BCUT2D eigenvalue weighted by atomic mass is 32.1. The number of likely N-dealkylation sites (N-methyl/N-ethyl adjacent to an activating group) is 1. The van der Waals surface area contributed by atoms with Crippen molar-refractivity contribution in [1.29, 1.82) is 0 Å². The monoisotopic (exact) mass is 294 g/mol. The minimum absolute atomic E-state index is 0.0468. The number of amides is 1. The van der Waals surface area contributed by atoms with Crippen LogP contribution in [0.4, 0.5) is 0 Å². The molecule has 0 aromatic carbocycles. The Kier molecular flexibility index (Phi) is 4.05. The van der Waals surface area contributed by atoms with Gasteiger partial charge in [-0.05, 0) is 19.9 Å². The average molecular weight is 294 g/mol. The zero-order chi connectivity index (χ0) is 14.1. The second kappa shape index (κ2) is 5.79. The number of nitrogens with zero attached hydrogens (tertiary/aromatic N) is 2. The number of nitrogens with one attached hydrogen (secondary N) is 1. The highest BCUT2D eigenvalue weighted by molar-refractivity contribution is 7.13. The maximum absolute atomic E-state index is 12.3. The molecule has 1 saturated carbocycles. The summed E-state index contributed by atoms with van der Waals surface area (Å²) in [6.07, 6.45) is 5.26. The first-order chi connectivity index (χ1) is 9.63. The second-order valence-corrected chi connectivity index (χ2v) is 6.99. The SMILES string of the molecule is CN1CCc2nc(C(=O)N[C@H]3CCCC[C@@H]3N)sc2C1. The van der Waals surface area contributed by atoms with Gasteiger partial charge in [0, 0.05) is 36.5 Å². The molecule has 0 unspecified atom stereocenters. The largest absolute Gasteiger partial charge is 0.346 e. The van der Waals surface area contributed by atoms with Crippen LogP contribution < -0.4 is 11.1 Å². The molecule has 1 aromatic heterocycles. The molecule has 2 heterocycles. The van der Waals surface area contributed by atoms with Crippen molar-refractivity contribution in [3.8, 4) is 0 Å². The molecule has 3 N–H and O–H groups in total. The number of carbonyl (C=O) groups is 1. The van der Waals surface area contributed by atoms with Crippen LogP contribution in [0, 0.1) is 0 Å². The van der Waals surface area contributed by atoms with E-state index in [1.54, 1.807) is 0 Å². The lowest BCUT2D eigenvalue weighted by atomic mass is 9.91. The number of thiazole rings is 1. The first-order valence-electron chi connectivity index (χ1n) is 7.37. The number of fused-ring (bicyclic) bond motifs is 1. The van der Waals surface area contributed by atoms with Gasteiger partial charge in [-0.1, -0.05) is 12.8 Å². The molecule has 1 fully saturated rings. The third kappa shape index (κ3) is 2.87. The summed E-state index contributed by atoms with van der Waals surface area (Å²) < 4.78 is 0. The van der Waals surface area contributed by atoms with Crippen molar-refractivity contribution in [1.82, 2.24) is 15.2 Å². The molecule has 0 radical (unpaired) electrons. The number of hydrogen-bond acceptors (Lipinski definition) is 5. The lowest BCUT2D eigenvalue weighted by Crippen LogP contribution is -2.49. The summed E-state index contributed by atoms with van der Waals surface area (Å²) in [5, 5.41) is 3.68. The van der Waals surface area contributed by atoms with Crippen LogP contribution in [0.2, 0.25) is 0 Å². The molecule has 0 bridgehead atoms. The second-order valence-electron chi connectivity index (χ2n) is 5.90. The molecule has 5 nitrogen and oxygen atoms in total. The van der Waals surface area contributed by atoms with E-state index in [1.165, 1.54) is 22.6 Å². The standard InChI is InChI=1S/C14H22N4OS/c1-18-7-6-11-12(8-18)20-14(17-11)13(19)16-10-5-3-2-4-9(10)15/h9-10H,2-8,15H2,1H3,(H,16,19)/t9-,10-/m0/s1. The summed E-state index contributed by atoms with van der Waals surface area (Å²) in [6, 6.07) is 0.202. The molecule has 2 atom stereocenters. The van der Waals surface area contributed by atoms with Gasteiger partial charge in [0.05, 0.1) is 5.69 Å². The molecule has 1 amide bonds. The van der Waals surface area contributed by atoms with Crippen LogP contribution in [-0.2, 0) is 13.0 Å². The Morgan fingerprint density at radius 1 is 1.45 bits per heavy atom. The van der Waals surface area contributed by atoms with Gasteiger partial charge < -0.3 is 16.0 Å². The van der Waals surface area contributed by atoms with E-state index in [0.29, 0.717) is 5.01 Å². The number of nitrogens with two attached hydrogens (primary N) is 1. The fourth-order valence-corrected chi connectivity index (χ4v) is 4.08. The molecule has 20 heavy (non-hydrogen) atoms. The van der Waals surface area contributed by atoms with Crippen LogP contribution in [0.5, 0.6) is 0 Å². The maximum atomic E-state index is 12.3. The molecule has 0 saturated heterocycles. The summed E-state index contributed by atoms with van der Waals surface area (Å²) in [5.41, 5.74) is 7.19. The van der Waals surface area contributed by atoms with Gasteiger partial charge >= 0.3 is 0 Å². The number of hydrogen-bond donors (Lipinski definition) is 2.